The fourth-order valence-electron chi connectivity index (χ4n) is 3.05. The Hall–Kier alpha value is -2.98. The molecule has 3 aromatic rings. The van der Waals surface area contributed by atoms with E-state index < -0.39 is 0 Å². The topological polar surface area (TPSA) is 101 Å². The number of carbonyl (C=O) groups is 2. The Morgan fingerprint density at radius 3 is 2.93 bits per heavy atom. The van der Waals surface area contributed by atoms with Gasteiger partial charge in [0.25, 0.3) is 5.91 Å². The Bertz CT molecular complexity index is 1110. The fraction of sp³-hybridized carbons (Fsp3) is 0.250. The summed E-state index contributed by atoms with van der Waals surface area (Å²) in [6.07, 6.45) is 5.91. The van der Waals surface area contributed by atoms with Gasteiger partial charge in [-0.3, -0.25) is 14.5 Å². The van der Waals surface area contributed by atoms with Gasteiger partial charge in [-0.25, -0.2) is 4.63 Å². The van der Waals surface area contributed by atoms with Gasteiger partial charge < -0.3 is 9.73 Å². The zero-order valence-corrected chi connectivity index (χ0v) is 17.5. The number of hydrogen-bond acceptors (Lipinski definition) is 8. The number of benzene rings is 1. The molecule has 1 fully saturated rings. The largest absolute Gasteiger partial charge is 0.465 e. The van der Waals surface area contributed by atoms with Crippen LogP contribution >= 0.6 is 24.0 Å². The first-order valence-corrected chi connectivity index (χ1v) is 10.6. The number of fused-ring (bicyclic) bond motifs is 1. The zero-order valence-electron chi connectivity index (χ0n) is 15.9. The Labute approximate surface area is 181 Å². The van der Waals surface area contributed by atoms with E-state index in [1.807, 2.05) is 0 Å². The fourth-order valence-corrected chi connectivity index (χ4v) is 4.34. The minimum absolute atomic E-state index is 0.0995. The summed E-state index contributed by atoms with van der Waals surface area (Å²) in [5.41, 5.74) is 1.71. The molecule has 0 spiro atoms. The maximum Gasteiger partial charge on any atom is 0.266 e. The van der Waals surface area contributed by atoms with Crippen molar-refractivity contribution < 1.29 is 18.6 Å². The van der Waals surface area contributed by atoms with E-state index in [0.717, 1.165) is 12.8 Å². The highest BCUT2D eigenvalue weighted by atomic mass is 32.2. The monoisotopic (exact) mass is 442 g/mol. The molecule has 3 heterocycles. The van der Waals surface area contributed by atoms with Crippen LogP contribution in [-0.4, -0.2) is 37.9 Å². The number of nitrogens with one attached hydrogen (secondary N) is 1. The third-order valence-corrected chi connectivity index (χ3v) is 5.91. The molecule has 1 N–H and O–H groups in total. The standard InChI is InChI=1S/C20H18N4O4S2/c25-17(21-14-7-4-8-15-18(14)23-28-22-15)9-2-1-3-10-24-19(26)16(30-20(24)29)12-13-6-5-11-27-13/h4-8,11-12H,1-3,9-10H2,(H,21,25)/b16-12-. The molecule has 0 bridgehead atoms. The molecule has 8 nitrogen and oxygen atoms in total. The summed E-state index contributed by atoms with van der Waals surface area (Å²) in [5, 5.41) is 10.4. The predicted octanol–water partition coefficient (Wildman–Crippen LogP) is 4.22. The highest BCUT2D eigenvalue weighted by Crippen LogP contribution is 2.32. The molecule has 2 aromatic heterocycles. The number of thioether (sulfide) groups is 1. The number of furan rings is 1. The van der Waals surface area contributed by atoms with Gasteiger partial charge in [0.15, 0.2) is 5.52 Å². The zero-order chi connectivity index (χ0) is 20.9. The third kappa shape index (κ3) is 4.60. The first-order chi connectivity index (χ1) is 14.6. The van der Waals surface area contributed by atoms with Crippen LogP contribution in [0.2, 0.25) is 0 Å². The number of nitrogens with zero attached hydrogens (tertiary/aromatic N) is 3. The predicted molar refractivity (Wildman–Crippen MR) is 117 cm³/mol. The number of aromatic nitrogens is 2. The Morgan fingerprint density at radius 2 is 2.10 bits per heavy atom. The number of rotatable bonds is 8. The van der Waals surface area contributed by atoms with Crippen molar-refractivity contribution in [3.63, 3.8) is 0 Å². The maximum atomic E-state index is 12.5. The molecule has 4 rings (SSSR count). The van der Waals surface area contributed by atoms with Gasteiger partial charge in [0.2, 0.25) is 5.91 Å². The average Bonchev–Trinajstić information content (AvgIpc) is 3.46. The van der Waals surface area contributed by atoms with Gasteiger partial charge in [0.1, 0.15) is 15.6 Å². The number of thiocarbonyl (C=S) groups is 1. The van der Waals surface area contributed by atoms with Crippen LogP contribution in [0.1, 0.15) is 31.4 Å². The number of unbranched alkanes of at least 4 members (excludes halogenated alkanes) is 2. The summed E-state index contributed by atoms with van der Waals surface area (Å²) < 4.78 is 10.5. The van der Waals surface area contributed by atoms with E-state index >= 15 is 0 Å². The summed E-state index contributed by atoms with van der Waals surface area (Å²) >= 11 is 6.61. The van der Waals surface area contributed by atoms with Crippen molar-refractivity contribution in [2.75, 3.05) is 11.9 Å². The first-order valence-electron chi connectivity index (χ1n) is 9.42. The number of carbonyl (C=O) groups excluding carboxylic acids is 2. The molecule has 1 saturated heterocycles. The number of hydrogen-bond donors (Lipinski definition) is 1. The van der Waals surface area contributed by atoms with E-state index in [2.05, 4.69) is 15.6 Å². The van der Waals surface area contributed by atoms with Gasteiger partial charge in [0.05, 0.1) is 16.9 Å². The highest BCUT2D eigenvalue weighted by molar-refractivity contribution is 8.26. The molecular weight excluding hydrogens is 424 g/mol. The van der Waals surface area contributed by atoms with E-state index in [9.17, 15) is 9.59 Å². The van der Waals surface area contributed by atoms with E-state index in [4.69, 9.17) is 21.3 Å². The van der Waals surface area contributed by atoms with Crippen LogP contribution in [0.4, 0.5) is 5.69 Å². The van der Waals surface area contributed by atoms with Gasteiger partial charge >= 0.3 is 0 Å². The van der Waals surface area contributed by atoms with Crippen LogP contribution < -0.4 is 5.32 Å². The molecule has 10 heteroatoms. The minimum atomic E-state index is -0.103. The van der Waals surface area contributed by atoms with Gasteiger partial charge in [0, 0.05) is 19.0 Å². The first kappa shape index (κ1) is 20.3. The van der Waals surface area contributed by atoms with Crippen LogP contribution in [0.25, 0.3) is 17.1 Å². The summed E-state index contributed by atoms with van der Waals surface area (Å²) in [6.45, 7) is 0.533. The van der Waals surface area contributed by atoms with E-state index in [0.29, 0.717) is 51.1 Å². The lowest BCUT2D eigenvalue weighted by Gasteiger charge is -2.14. The molecule has 0 aliphatic carbocycles. The van der Waals surface area contributed by atoms with Crippen LogP contribution in [0.15, 0.2) is 50.5 Å². The van der Waals surface area contributed by atoms with Crippen molar-refractivity contribution in [3.05, 3.63) is 47.3 Å². The van der Waals surface area contributed by atoms with E-state index in [-0.39, 0.29) is 11.8 Å². The van der Waals surface area contributed by atoms with Crippen LogP contribution in [0.3, 0.4) is 0 Å². The second kappa shape index (κ2) is 9.23. The highest BCUT2D eigenvalue weighted by Gasteiger charge is 2.31. The van der Waals surface area contributed by atoms with Crippen LogP contribution in [-0.2, 0) is 9.59 Å². The summed E-state index contributed by atoms with van der Waals surface area (Å²) in [7, 11) is 0. The molecule has 0 radical (unpaired) electrons. The lowest BCUT2D eigenvalue weighted by atomic mass is 10.1. The minimum Gasteiger partial charge on any atom is -0.465 e. The SMILES string of the molecule is O=C(CCCCCN1C(=O)/C(=C/c2ccco2)SC1=S)Nc1cccc2nonc12. The molecule has 0 atom stereocenters. The third-order valence-electron chi connectivity index (χ3n) is 4.54. The van der Waals surface area contributed by atoms with E-state index in [1.54, 1.807) is 47.6 Å². The summed E-state index contributed by atoms with van der Waals surface area (Å²) in [4.78, 5) is 26.9. The van der Waals surface area contributed by atoms with E-state index in [1.165, 1.54) is 11.8 Å². The van der Waals surface area contributed by atoms with Crippen molar-refractivity contribution in [2.45, 2.75) is 25.7 Å². The molecule has 0 saturated carbocycles. The lowest BCUT2D eigenvalue weighted by molar-refractivity contribution is -0.122. The number of amides is 2. The van der Waals surface area contributed by atoms with Crippen molar-refractivity contribution in [1.29, 1.82) is 0 Å². The van der Waals surface area contributed by atoms with Gasteiger partial charge in [-0.05, 0) is 47.4 Å². The molecule has 1 aliphatic heterocycles. The molecule has 154 valence electrons. The van der Waals surface area contributed by atoms with Crippen molar-refractivity contribution in [3.8, 4) is 0 Å². The van der Waals surface area contributed by atoms with Crippen LogP contribution in [0, 0.1) is 0 Å². The van der Waals surface area contributed by atoms with Gasteiger partial charge in [-0.2, -0.15) is 0 Å². The Morgan fingerprint density at radius 1 is 1.20 bits per heavy atom. The molecule has 2 amide bonds. The average molecular weight is 443 g/mol. The summed E-state index contributed by atoms with van der Waals surface area (Å²) in [5.74, 6) is 0.421. The van der Waals surface area contributed by atoms with Gasteiger partial charge in [-0.1, -0.05) is 36.5 Å². The van der Waals surface area contributed by atoms with Crippen molar-refractivity contribution in [2.24, 2.45) is 0 Å². The quantitative estimate of drug-likeness (QED) is 0.314. The molecule has 0 unspecified atom stereocenters. The molecule has 1 aliphatic rings. The lowest BCUT2D eigenvalue weighted by Crippen LogP contribution is -2.29. The van der Waals surface area contributed by atoms with Crippen molar-refractivity contribution in [1.82, 2.24) is 15.2 Å². The molecule has 1 aromatic carbocycles. The second-order valence-corrected chi connectivity index (χ2v) is 8.32. The van der Waals surface area contributed by atoms with Crippen molar-refractivity contribution >= 4 is 62.9 Å². The van der Waals surface area contributed by atoms with Crippen LogP contribution in [0.5, 0.6) is 0 Å². The summed E-state index contributed by atoms with van der Waals surface area (Å²) in [6, 6.07) is 8.86. The second-order valence-electron chi connectivity index (χ2n) is 6.65. The van der Waals surface area contributed by atoms with Gasteiger partial charge in [-0.15, -0.1) is 0 Å². The Kier molecular flexibility index (Phi) is 6.24. The molecular formula is C20H18N4O4S2. The Balaban J connectivity index is 1.21. The maximum absolute atomic E-state index is 12.5. The number of anilines is 1. The smallest absolute Gasteiger partial charge is 0.266 e. The normalized spacial score (nSPS) is 15.5. The molecule has 30 heavy (non-hydrogen) atoms.